The number of imidazole rings is 1. The van der Waals surface area contributed by atoms with Crippen molar-refractivity contribution >= 4 is 33.5 Å². The normalized spacial score (nSPS) is 18.8. The summed E-state index contributed by atoms with van der Waals surface area (Å²) >= 11 is 3.60. The highest BCUT2D eigenvalue weighted by atomic mass is 79.9. The lowest BCUT2D eigenvalue weighted by Crippen LogP contribution is -2.53. The van der Waals surface area contributed by atoms with Gasteiger partial charge in [0.05, 0.1) is 12.0 Å². The van der Waals surface area contributed by atoms with Crippen molar-refractivity contribution in [3.05, 3.63) is 87.2 Å². The summed E-state index contributed by atoms with van der Waals surface area (Å²) in [5.74, 6) is -0.166. The minimum Gasteiger partial charge on any atom is -0.444 e. The highest BCUT2D eigenvalue weighted by Crippen LogP contribution is 2.40. The first kappa shape index (κ1) is 29.0. The lowest BCUT2D eigenvalue weighted by molar-refractivity contribution is -0.127. The summed E-state index contributed by atoms with van der Waals surface area (Å²) < 4.78 is 8.67. The fourth-order valence-corrected chi connectivity index (χ4v) is 6.07. The number of halogens is 1. The summed E-state index contributed by atoms with van der Waals surface area (Å²) in [6.07, 6.45) is 10.4. The topological polar surface area (TPSA) is 89.4 Å². The zero-order valence-electron chi connectivity index (χ0n) is 24.2. The van der Waals surface area contributed by atoms with E-state index in [0.29, 0.717) is 25.9 Å². The number of pyridine rings is 1. The van der Waals surface area contributed by atoms with E-state index in [0.717, 1.165) is 47.1 Å². The molecule has 1 fully saturated rings. The molecule has 0 spiro atoms. The Morgan fingerprint density at radius 3 is 2.71 bits per heavy atom. The molecule has 1 atom stereocenters. The minimum atomic E-state index is -0.676. The largest absolute Gasteiger partial charge is 0.444 e. The first-order valence-electron chi connectivity index (χ1n) is 14.3. The Morgan fingerprint density at radius 2 is 1.95 bits per heavy atom. The Labute approximate surface area is 250 Å². The van der Waals surface area contributed by atoms with Gasteiger partial charge in [0.1, 0.15) is 11.6 Å². The molecule has 1 N–H and O–H groups in total. The summed E-state index contributed by atoms with van der Waals surface area (Å²) in [6.45, 7) is 9.31. The molecule has 2 aliphatic rings. The number of carbonyl (C=O) groups is 2. The van der Waals surface area contributed by atoms with E-state index < -0.39 is 17.7 Å². The Balaban J connectivity index is 1.49. The third-order valence-electron chi connectivity index (χ3n) is 7.57. The molecule has 41 heavy (non-hydrogen) atoms. The summed E-state index contributed by atoms with van der Waals surface area (Å²) in [6, 6.07) is 8.07. The number of aryl methyl sites for hydroxylation is 4. The van der Waals surface area contributed by atoms with Crippen LogP contribution in [-0.4, -0.2) is 56.2 Å². The maximum Gasteiger partial charge on any atom is 0.410 e. The summed E-state index contributed by atoms with van der Waals surface area (Å²) in [7, 11) is 0. The molecule has 9 heteroatoms. The maximum absolute atomic E-state index is 13.7. The number of aromatic nitrogens is 3. The number of nitrogens with zero attached hydrogens (tertiary/aromatic N) is 4. The third-order valence-corrected chi connectivity index (χ3v) is 8.00. The molecule has 3 aromatic rings. The lowest BCUT2D eigenvalue weighted by Gasteiger charge is -2.37. The van der Waals surface area contributed by atoms with Crippen LogP contribution in [0.2, 0.25) is 0 Å². The Kier molecular flexibility index (Phi) is 8.63. The number of carbonyl (C=O) groups excluding carboxylic acids is 2. The molecule has 1 aromatic carbocycles. The molecule has 2 amide bonds. The van der Waals surface area contributed by atoms with E-state index >= 15 is 0 Å². The van der Waals surface area contributed by atoms with Crippen molar-refractivity contribution in [3.8, 4) is 0 Å². The lowest BCUT2D eigenvalue weighted by atomic mass is 9.85. The number of hydrogen-bond donors (Lipinski definition) is 1. The average molecular weight is 621 g/mol. The molecule has 1 aliphatic carbocycles. The molecule has 5 rings (SSSR count). The molecule has 8 nitrogen and oxygen atoms in total. The van der Waals surface area contributed by atoms with Crippen LogP contribution in [0.25, 0.3) is 5.57 Å². The van der Waals surface area contributed by atoms with Crippen molar-refractivity contribution in [3.63, 3.8) is 0 Å². The zero-order valence-corrected chi connectivity index (χ0v) is 25.8. The molecule has 3 heterocycles. The fraction of sp³-hybridized carbons (Fsp3) is 0.438. The second-order valence-corrected chi connectivity index (χ2v) is 12.8. The number of piperidine rings is 1. The van der Waals surface area contributed by atoms with Crippen LogP contribution < -0.4 is 5.32 Å². The molecule has 0 radical (unpaired) electrons. The SMILES string of the molecule is Cc1ccc2c(c1)CCc1cc(Br)cnc1/C2=C1\CCN(C(=O)OC(C)(C)C)C(C(=O)NCCCn2ccnc2)C1. The Morgan fingerprint density at radius 1 is 1.15 bits per heavy atom. The Hall–Kier alpha value is -3.46. The molecule has 0 bridgehead atoms. The van der Waals surface area contributed by atoms with Crippen LogP contribution in [0.5, 0.6) is 0 Å². The number of rotatable bonds is 5. The van der Waals surface area contributed by atoms with Gasteiger partial charge in [0.15, 0.2) is 0 Å². The van der Waals surface area contributed by atoms with Gasteiger partial charge < -0.3 is 14.6 Å². The van der Waals surface area contributed by atoms with Crippen LogP contribution in [0.3, 0.4) is 0 Å². The third kappa shape index (κ3) is 6.89. The van der Waals surface area contributed by atoms with Gasteiger partial charge in [-0.15, -0.1) is 0 Å². The van der Waals surface area contributed by atoms with E-state index in [4.69, 9.17) is 9.72 Å². The number of nitrogens with one attached hydrogen (secondary N) is 1. The monoisotopic (exact) mass is 619 g/mol. The van der Waals surface area contributed by atoms with E-state index in [1.54, 1.807) is 17.4 Å². The van der Waals surface area contributed by atoms with Crippen molar-refractivity contribution in [2.75, 3.05) is 13.1 Å². The van der Waals surface area contributed by atoms with Crippen LogP contribution in [0.1, 0.15) is 68.0 Å². The van der Waals surface area contributed by atoms with Gasteiger partial charge in [0, 0.05) is 48.3 Å². The molecule has 216 valence electrons. The number of fused-ring (bicyclic) bond motifs is 2. The molecule has 1 aliphatic heterocycles. The van der Waals surface area contributed by atoms with Gasteiger partial charge in [0.25, 0.3) is 0 Å². The second-order valence-electron chi connectivity index (χ2n) is 11.9. The van der Waals surface area contributed by atoms with Crippen LogP contribution >= 0.6 is 15.9 Å². The fourth-order valence-electron chi connectivity index (χ4n) is 5.69. The van der Waals surface area contributed by atoms with Crippen molar-refractivity contribution in [2.45, 2.75) is 78.0 Å². The molecule has 0 saturated carbocycles. The van der Waals surface area contributed by atoms with Crippen LogP contribution in [0.4, 0.5) is 4.79 Å². The number of ether oxygens (including phenoxy) is 1. The summed E-state index contributed by atoms with van der Waals surface area (Å²) in [5, 5.41) is 3.09. The van der Waals surface area contributed by atoms with Crippen LogP contribution in [-0.2, 0) is 28.9 Å². The quantitative estimate of drug-likeness (QED) is 0.362. The number of likely N-dealkylation sites (tertiary alicyclic amines) is 1. The zero-order chi connectivity index (χ0) is 29.1. The predicted octanol–water partition coefficient (Wildman–Crippen LogP) is 5.86. The first-order valence-corrected chi connectivity index (χ1v) is 15.1. The molecular weight excluding hydrogens is 582 g/mol. The first-order chi connectivity index (χ1) is 19.6. The maximum atomic E-state index is 13.7. The number of hydrogen-bond acceptors (Lipinski definition) is 5. The van der Waals surface area contributed by atoms with Gasteiger partial charge in [-0.2, -0.15) is 0 Å². The summed E-state index contributed by atoms with van der Waals surface area (Å²) in [5.41, 5.74) is 7.42. The van der Waals surface area contributed by atoms with Crippen molar-refractivity contribution in [2.24, 2.45) is 0 Å². The van der Waals surface area contributed by atoms with Gasteiger partial charge in [-0.05, 0) is 98.5 Å². The van der Waals surface area contributed by atoms with E-state index in [9.17, 15) is 9.59 Å². The van der Waals surface area contributed by atoms with E-state index in [-0.39, 0.29) is 5.91 Å². The second kappa shape index (κ2) is 12.2. The van der Waals surface area contributed by atoms with Gasteiger partial charge in [-0.25, -0.2) is 9.78 Å². The van der Waals surface area contributed by atoms with Gasteiger partial charge >= 0.3 is 6.09 Å². The minimum absolute atomic E-state index is 0.166. The van der Waals surface area contributed by atoms with E-state index in [2.05, 4.69) is 57.4 Å². The van der Waals surface area contributed by atoms with Crippen LogP contribution in [0.15, 0.2) is 59.2 Å². The van der Waals surface area contributed by atoms with Crippen LogP contribution in [0, 0.1) is 6.92 Å². The average Bonchev–Trinajstić information content (AvgIpc) is 3.39. The van der Waals surface area contributed by atoms with E-state index in [1.807, 2.05) is 37.7 Å². The van der Waals surface area contributed by atoms with Gasteiger partial charge in [0.2, 0.25) is 5.91 Å². The predicted molar refractivity (Wildman–Crippen MR) is 162 cm³/mol. The number of benzene rings is 1. The highest BCUT2D eigenvalue weighted by molar-refractivity contribution is 9.10. The van der Waals surface area contributed by atoms with Gasteiger partial charge in [-0.3, -0.25) is 14.7 Å². The van der Waals surface area contributed by atoms with E-state index in [1.165, 1.54) is 22.3 Å². The summed E-state index contributed by atoms with van der Waals surface area (Å²) in [4.78, 5) is 37.6. The molecule has 1 saturated heterocycles. The number of amides is 2. The smallest absolute Gasteiger partial charge is 0.410 e. The molecular formula is C32H38BrN5O3. The molecule has 2 aromatic heterocycles. The van der Waals surface area contributed by atoms with Crippen molar-refractivity contribution in [1.82, 2.24) is 24.8 Å². The Bertz CT molecular complexity index is 1400. The van der Waals surface area contributed by atoms with Gasteiger partial charge in [-0.1, -0.05) is 29.3 Å². The van der Waals surface area contributed by atoms with Crippen molar-refractivity contribution < 1.29 is 14.3 Å². The molecule has 1 unspecified atom stereocenters. The standard InChI is InChI=1S/C32H38BrN5O3/c1-21-6-9-26-22(16-21)7-8-24-17-25(33)19-36-29(24)28(26)23-10-14-38(31(40)41-32(2,3)4)27(18-23)30(39)35-11-5-13-37-15-12-34-20-37/h6,9,12,15-17,19-20,27H,5,7-8,10-11,13-14,18H2,1-4H3,(H,35,39)/b28-23+. The van der Waals surface area contributed by atoms with Crippen molar-refractivity contribution in [1.29, 1.82) is 0 Å². The highest BCUT2D eigenvalue weighted by Gasteiger charge is 2.38.